The predicted molar refractivity (Wildman–Crippen MR) is 544 cm³/mol. The van der Waals surface area contributed by atoms with Crippen LogP contribution in [-0.2, 0) is 21.7 Å². The zero-order valence-corrected chi connectivity index (χ0v) is 79.3. The largest absolute Gasteiger partial charge is 0.456 e. The van der Waals surface area contributed by atoms with Gasteiger partial charge in [-0.05, 0) is 212 Å². The Morgan fingerprint density at radius 1 is 0.216 bits per heavy atom. The van der Waals surface area contributed by atoms with Crippen LogP contribution in [0.25, 0.3) is 99.2 Å². The number of hydrogen-bond donors (Lipinski definition) is 0. The van der Waals surface area contributed by atoms with Crippen LogP contribution in [0.1, 0.15) is 434 Å². The van der Waals surface area contributed by atoms with Crippen LogP contribution < -0.4 is 4.90 Å². The number of benzene rings is 10. The molecular weight excluding hydrogens is 1510 g/mol. The Morgan fingerprint density at radius 2 is 0.568 bits per heavy atom. The number of para-hydroxylation sites is 2. The minimum atomic E-state index is -0.279. The molecule has 4 aliphatic carbocycles. The molecule has 0 atom stereocenters. The molecule has 662 valence electrons. The van der Waals surface area contributed by atoms with E-state index in [0.29, 0.717) is 0 Å². The summed E-state index contributed by atoms with van der Waals surface area (Å²) in [5, 5.41) is 7.82. The van der Waals surface area contributed by atoms with E-state index in [-0.39, 0.29) is 21.7 Å². The highest BCUT2D eigenvalue weighted by Crippen LogP contribution is 2.69. The molecule has 3 heteroatoms. The van der Waals surface area contributed by atoms with Crippen molar-refractivity contribution in [3.05, 3.63) is 220 Å². The molecule has 0 aliphatic heterocycles. The second kappa shape index (κ2) is 42.9. The van der Waals surface area contributed by atoms with Crippen LogP contribution in [0.4, 0.5) is 17.1 Å². The monoisotopic (exact) mass is 1670 g/mol. The van der Waals surface area contributed by atoms with Gasteiger partial charge in [0, 0.05) is 65.8 Å². The van der Waals surface area contributed by atoms with Gasteiger partial charge in [0.15, 0.2) is 0 Å². The van der Waals surface area contributed by atoms with Crippen LogP contribution in [0.3, 0.4) is 0 Å². The lowest BCUT2D eigenvalue weighted by Crippen LogP contribution is -2.33. The number of hydrogen-bond acceptors (Lipinski definition) is 3. The molecular formula is C122H157NO2. The number of unbranched alkanes of at least 4 members (excludes halogenated alkanes) is 36. The van der Waals surface area contributed by atoms with Gasteiger partial charge in [-0.2, -0.15) is 0 Å². The van der Waals surface area contributed by atoms with Gasteiger partial charge in [-0.15, -0.1) is 0 Å². The summed E-state index contributed by atoms with van der Waals surface area (Å²) in [5.74, 6) is 0. The summed E-state index contributed by atoms with van der Waals surface area (Å²) in [6.45, 7) is 19.1. The first-order chi connectivity index (χ1) is 61.7. The molecule has 16 rings (SSSR count). The van der Waals surface area contributed by atoms with Crippen LogP contribution in [0, 0.1) is 0 Å². The first kappa shape index (κ1) is 90.2. The summed E-state index contributed by atoms with van der Waals surface area (Å²) in [5.41, 5.74) is 32.0. The third-order valence-electron chi connectivity index (χ3n) is 31.8. The molecule has 3 nitrogen and oxygen atoms in total. The number of anilines is 3. The van der Waals surface area contributed by atoms with Crippen molar-refractivity contribution in [2.24, 2.45) is 0 Å². The molecule has 0 bridgehead atoms. The molecule has 10 aromatic carbocycles. The normalized spacial score (nSPS) is 14.6. The third kappa shape index (κ3) is 18.1. The van der Waals surface area contributed by atoms with Crippen LogP contribution in [-0.4, -0.2) is 0 Å². The fourth-order valence-corrected chi connectivity index (χ4v) is 25.4. The molecule has 0 saturated heterocycles. The van der Waals surface area contributed by atoms with E-state index in [1.165, 1.54) is 402 Å². The molecule has 12 aromatic rings. The lowest BCUT2D eigenvalue weighted by Gasteiger charge is -2.40. The second-order valence-electron chi connectivity index (χ2n) is 40.1. The van der Waals surface area contributed by atoms with Crippen molar-refractivity contribution in [2.45, 2.75) is 411 Å². The topological polar surface area (TPSA) is 29.5 Å². The molecule has 0 N–H and O–H groups in total. The minimum absolute atomic E-state index is 0.115. The number of nitrogens with zero attached hydrogens (tertiary/aromatic N) is 1. The average molecular weight is 1670 g/mol. The van der Waals surface area contributed by atoms with E-state index in [9.17, 15) is 0 Å². The Hall–Kier alpha value is -8.14. The third-order valence-corrected chi connectivity index (χ3v) is 31.8. The van der Waals surface area contributed by atoms with Crippen molar-refractivity contribution in [3.63, 3.8) is 0 Å². The maximum absolute atomic E-state index is 7.81. The molecule has 0 saturated carbocycles. The average Bonchev–Trinajstić information content (AvgIpc) is 1.49. The molecule has 0 radical (unpaired) electrons. The molecule has 125 heavy (non-hydrogen) atoms. The molecule has 4 aliphatic rings. The fourth-order valence-electron chi connectivity index (χ4n) is 25.4. The highest BCUT2D eigenvalue weighted by molar-refractivity contribution is 6.21. The van der Waals surface area contributed by atoms with E-state index in [0.717, 1.165) is 48.0 Å². The van der Waals surface area contributed by atoms with Crippen molar-refractivity contribution in [3.8, 4) is 44.5 Å². The van der Waals surface area contributed by atoms with Crippen molar-refractivity contribution in [1.29, 1.82) is 0 Å². The summed E-state index contributed by atoms with van der Waals surface area (Å²) < 4.78 is 14.9. The quantitative estimate of drug-likeness (QED) is 0.0356. The van der Waals surface area contributed by atoms with E-state index >= 15 is 0 Å². The van der Waals surface area contributed by atoms with Crippen LogP contribution in [0.2, 0.25) is 0 Å². The first-order valence-corrected chi connectivity index (χ1v) is 52.6. The fraction of sp³-hybridized carbons (Fsp3) is 0.525. The van der Waals surface area contributed by atoms with Crippen molar-refractivity contribution >= 4 is 71.7 Å². The van der Waals surface area contributed by atoms with Crippen molar-refractivity contribution in [1.82, 2.24) is 0 Å². The maximum Gasteiger partial charge on any atom is 0.144 e. The Labute approximate surface area is 756 Å². The first-order valence-electron chi connectivity index (χ1n) is 52.6. The van der Waals surface area contributed by atoms with Gasteiger partial charge in [0.2, 0.25) is 0 Å². The van der Waals surface area contributed by atoms with E-state index < -0.39 is 0 Å². The van der Waals surface area contributed by atoms with Crippen molar-refractivity contribution < 1.29 is 8.83 Å². The number of fused-ring (bicyclic) bond motifs is 23. The van der Waals surface area contributed by atoms with Gasteiger partial charge in [0.25, 0.3) is 0 Å². The van der Waals surface area contributed by atoms with Gasteiger partial charge in [-0.25, -0.2) is 0 Å². The summed E-state index contributed by atoms with van der Waals surface area (Å²) in [4.78, 5) is 2.80. The van der Waals surface area contributed by atoms with Gasteiger partial charge in [0.1, 0.15) is 22.3 Å². The standard InChI is InChI=1S/C122H157NO2/c1-9-17-25-33-41-53-77-119(78-54-42-34-26-18-10-2)103-75-76-110-112(98-64-48-51-67-108(98)124-110)111(103)101-89-106-100(88-107(101)119)95-73-71-93(86-104(95)120(106,79-55-43-35-27-19-11-3)80-56-44-36-28-20-12-4)123(92-70-69-90-61-45-46-62-91(90)85-92)94-72-74-97-105(87-94)122(83-59-39-31-23-15-7,84-60-40-32-24-16-8)117-115(97)118-114(99-65-49-52-68-109(99)125-118)113-96-63-47-50-66-102(96)121(116(113)117,81-57-37-29-21-13-5)82-58-38-30-22-14-6/h45-52,61-76,85-89H,9-44,53-60,77-84H2,1-8H3. The predicted octanol–water partition coefficient (Wildman–Crippen LogP) is 39.6. The molecule has 0 amide bonds. The van der Waals surface area contributed by atoms with Gasteiger partial charge in [-0.3, -0.25) is 0 Å². The van der Waals surface area contributed by atoms with Crippen LogP contribution >= 0.6 is 0 Å². The van der Waals surface area contributed by atoms with E-state index in [2.05, 4.69) is 236 Å². The van der Waals surface area contributed by atoms with Crippen molar-refractivity contribution in [2.75, 3.05) is 4.90 Å². The summed E-state index contributed by atoms with van der Waals surface area (Å²) in [7, 11) is 0. The summed E-state index contributed by atoms with van der Waals surface area (Å²) in [6, 6.07) is 72.1. The SMILES string of the molecule is CCCCCCCCC1(CCCCCCCC)c2cc(N(c3ccc4c(c3)C(CCCCCCC)(CCCCCCC)c3c5c(c6c(oc7ccccc76)c3-4)-c3ccccc3C5(CCCCCCC)CCCCCCC)c3ccc4ccccc4c3)ccc2-c2cc3c(cc21)-c1c(ccc2oc4ccccc4c12)C3(CCCCCCCC)CCCCCCCC. The van der Waals surface area contributed by atoms with Crippen LogP contribution in [0.5, 0.6) is 0 Å². The smallest absolute Gasteiger partial charge is 0.144 e. The number of rotatable bonds is 55. The zero-order valence-electron chi connectivity index (χ0n) is 79.3. The summed E-state index contributed by atoms with van der Waals surface area (Å²) in [6.07, 6.45) is 65.7. The Kier molecular flexibility index (Phi) is 30.9. The van der Waals surface area contributed by atoms with Gasteiger partial charge in [0.05, 0.1) is 0 Å². The van der Waals surface area contributed by atoms with E-state index in [4.69, 9.17) is 8.83 Å². The Morgan fingerprint density at radius 3 is 1.08 bits per heavy atom. The van der Waals surface area contributed by atoms with Gasteiger partial charge < -0.3 is 13.7 Å². The molecule has 2 heterocycles. The van der Waals surface area contributed by atoms with Crippen LogP contribution in [0.15, 0.2) is 185 Å². The Bertz CT molecular complexity index is 5470. The highest BCUT2D eigenvalue weighted by atomic mass is 16.3. The number of furan rings is 2. The van der Waals surface area contributed by atoms with E-state index in [1.807, 2.05) is 0 Å². The molecule has 0 unspecified atom stereocenters. The molecule has 2 aromatic heterocycles. The zero-order chi connectivity index (χ0) is 86.0. The Balaban J connectivity index is 0.951. The van der Waals surface area contributed by atoms with Gasteiger partial charge >= 0.3 is 0 Å². The molecule has 0 spiro atoms. The summed E-state index contributed by atoms with van der Waals surface area (Å²) >= 11 is 0. The van der Waals surface area contributed by atoms with Gasteiger partial charge in [-0.1, -0.05) is 447 Å². The lowest BCUT2D eigenvalue weighted by molar-refractivity contribution is 0.369. The second-order valence-corrected chi connectivity index (χ2v) is 40.1. The highest BCUT2D eigenvalue weighted by Gasteiger charge is 2.55. The minimum Gasteiger partial charge on any atom is -0.456 e. The maximum atomic E-state index is 7.81. The van der Waals surface area contributed by atoms with E-state index in [1.54, 1.807) is 44.5 Å². The lowest BCUT2D eigenvalue weighted by atomic mass is 9.62. The molecule has 0 fully saturated rings.